The fourth-order valence-electron chi connectivity index (χ4n) is 4.27. The molecule has 2 heterocycles. The van der Waals surface area contributed by atoms with Gasteiger partial charge in [-0.3, -0.25) is 0 Å². The summed E-state index contributed by atoms with van der Waals surface area (Å²) < 4.78 is 19.7. The number of halogens is 1. The van der Waals surface area contributed by atoms with E-state index in [-0.39, 0.29) is 5.82 Å². The predicted octanol–water partition coefficient (Wildman–Crippen LogP) is 7.76. The van der Waals surface area contributed by atoms with E-state index in [2.05, 4.69) is 53.3 Å². The maximum atomic E-state index is 13.6. The molecule has 154 valence electrons. The smallest absolute Gasteiger partial charge is 0.226 e. The van der Waals surface area contributed by atoms with Crippen LogP contribution in [0.2, 0.25) is 0 Å². The summed E-state index contributed by atoms with van der Waals surface area (Å²) in [4.78, 5) is 7.70. The van der Waals surface area contributed by atoms with Crippen LogP contribution in [0.15, 0.2) is 95.7 Å². The SMILES string of the molecule is Cc1ccccc1-c1cnc(-c2ccc3ccc(-c4c[nH]c5cc(F)ccc45)cc3c2)o1. The van der Waals surface area contributed by atoms with Crippen LogP contribution in [-0.2, 0) is 0 Å². The van der Waals surface area contributed by atoms with Gasteiger partial charge in [-0.15, -0.1) is 0 Å². The Morgan fingerprint density at radius 2 is 1.62 bits per heavy atom. The summed E-state index contributed by atoms with van der Waals surface area (Å²) in [5.41, 5.74) is 6.03. The number of hydrogen-bond acceptors (Lipinski definition) is 2. The first-order valence-corrected chi connectivity index (χ1v) is 10.5. The summed E-state index contributed by atoms with van der Waals surface area (Å²) in [6, 6.07) is 25.5. The van der Waals surface area contributed by atoms with Crippen LogP contribution in [-0.4, -0.2) is 9.97 Å². The Morgan fingerprint density at radius 3 is 2.50 bits per heavy atom. The third-order valence-corrected chi connectivity index (χ3v) is 5.96. The van der Waals surface area contributed by atoms with Gasteiger partial charge in [-0.05, 0) is 65.2 Å². The van der Waals surface area contributed by atoms with Crippen LogP contribution in [0.25, 0.3) is 55.6 Å². The van der Waals surface area contributed by atoms with E-state index in [1.54, 1.807) is 6.20 Å². The van der Waals surface area contributed by atoms with E-state index in [9.17, 15) is 4.39 Å². The van der Waals surface area contributed by atoms with E-state index in [0.29, 0.717) is 5.89 Å². The standard InChI is InChI=1S/C28H19FN2O/c1-17-4-2-3-5-23(17)27-16-31-28(32-27)20-9-7-18-6-8-19(12-21(18)13-20)25-15-30-26-14-22(29)10-11-24(25)26/h2-16,30H,1H3. The lowest BCUT2D eigenvalue weighted by atomic mass is 9.99. The van der Waals surface area contributed by atoms with Crippen molar-refractivity contribution in [1.82, 2.24) is 9.97 Å². The highest BCUT2D eigenvalue weighted by atomic mass is 19.1. The monoisotopic (exact) mass is 418 g/mol. The van der Waals surface area contributed by atoms with E-state index in [0.717, 1.165) is 55.3 Å². The first-order valence-electron chi connectivity index (χ1n) is 10.5. The topological polar surface area (TPSA) is 41.8 Å². The molecule has 0 aliphatic carbocycles. The summed E-state index contributed by atoms with van der Waals surface area (Å²) in [6.07, 6.45) is 3.71. The van der Waals surface area contributed by atoms with E-state index in [1.807, 2.05) is 36.5 Å². The lowest BCUT2D eigenvalue weighted by Gasteiger charge is -2.05. The third kappa shape index (κ3) is 3.08. The molecule has 0 atom stereocenters. The number of aromatic nitrogens is 2. The molecule has 2 aromatic heterocycles. The quantitative estimate of drug-likeness (QED) is 0.319. The second-order valence-corrected chi connectivity index (χ2v) is 8.01. The molecular weight excluding hydrogens is 399 g/mol. The minimum absolute atomic E-state index is 0.245. The molecule has 0 fully saturated rings. The Labute approximate surface area is 184 Å². The van der Waals surface area contributed by atoms with E-state index in [4.69, 9.17) is 4.42 Å². The fourth-order valence-corrected chi connectivity index (χ4v) is 4.27. The van der Waals surface area contributed by atoms with Crippen LogP contribution in [0, 0.1) is 12.7 Å². The number of hydrogen-bond donors (Lipinski definition) is 1. The molecule has 0 unspecified atom stereocenters. The summed E-state index contributed by atoms with van der Waals surface area (Å²) in [6.45, 7) is 2.06. The van der Waals surface area contributed by atoms with Crippen LogP contribution in [0.5, 0.6) is 0 Å². The molecule has 0 bridgehead atoms. The molecule has 6 aromatic rings. The van der Waals surface area contributed by atoms with Crippen molar-refractivity contribution >= 4 is 21.7 Å². The van der Waals surface area contributed by atoms with Crippen molar-refractivity contribution in [2.75, 3.05) is 0 Å². The molecule has 0 saturated heterocycles. The summed E-state index contributed by atoms with van der Waals surface area (Å²) in [5.74, 6) is 1.11. The molecule has 4 heteroatoms. The van der Waals surface area contributed by atoms with Crippen molar-refractivity contribution in [3.8, 4) is 33.9 Å². The van der Waals surface area contributed by atoms with Gasteiger partial charge < -0.3 is 9.40 Å². The normalized spacial score (nSPS) is 11.4. The van der Waals surface area contributed by atoms with Gasteiger partial charge in [0, 0.05) is 33.8 Å². The Bertz CT molecular complexity index is 1610. The summed E-state index contributed by atoms with van der Waals surface area (Å²) in [7, 11) is 0. The van der Waals surface area contributed by atoms with Gasteiger partial charge in [-0.25, -0.2) is 9.37 Å². The van der Waals surface area contributed by atoms with E-state index in [1.165, 1.54) is 12.1 Å². The highest BCUT2D eigenvalue weighted by Crippen LogP contribution is 2.33. The number of H-pyrrole nitrogens is 1. The van der Waals surface area contributed by atoms with Crippen LogP contribution >= 0.6 is 0 Å². The van der Waals surface area contributed by atoms with Gasteiger partial charge in [0.05, 0.1) is 6.20 Å². The van der Waals surface area contributed by atoms with Crippen molar-refractivity contribution in [1.29, 1.82) is 0 Å². The van der Waals surface area contributed by atoms with Crippen LogP contribution in [0.3, 0.4) is 0 Å². The second kappa shape index (κ2) is 7.20. The zero-order chi connectivity index (χ0) is 21.7. The van der Waals surface area contributed by atoms with Gasteiger partial charge in [-0.1, -0.05) is 42.5 Å². The number of aromatic amines is 1. The number of nitrogens with one attached hydrogen (secondary N) is 1. The van der Waals surface area contributed by atoms with Gasteiger partial charge >= 0.3 is 0 Å². The maximum absolute atomic E-state index is 13.6. The minimum atomic E-state index is -0.245. The molecule has 6 rings (SSSR count). The van der Waals surface area contributed by atoms with Crippen LogP contribution < -0.4 is 0 Å². The van der Waals surface area contributed by atoms with Gasteiger partial charge in [0.2, 0.25) is 5.89 Å². The number of nitrogens with zero attached hydrogens (tertiary/aromatic N) is 1. The highest BCUT2D eigenvalue weighted by molar-refractivity contribution is 5.98. The molecule has 0 aliphatic heterocycles. The molecule has 0 spiro atoms. The van der Waals surface area contributed by atoms with Crippen molar-refractivity contribution in [2.45, 2.75) is 6.92 Å². The van der Waals surface area contributed by atoms with E-state index >= 15 is 0 Å². The number of fused-ring (bicyclic) bond motifs is 2. The van der Waals surface area contributed by atoms with Crippen molar-refractivity contribution in [3.63, 3.8) is 0 Å². The van der Waals surface area contributed by atoms with Crippen LogP contribution in [0.4, 0.5) is 4.39 Å². The molecule has 4 aromatic carbocycles. The lowest BCUT2D eigenvalue weighted by molar-refractivity contribution is 0.588. The Balaban J connectivity index is 1.42. The van der Waals surface area contributed by atoms with Gasteiger partial charge in [0.25, 0.3) is 0 Å². The average Bonchev–Trinajstić information content (AvgIpc) is 3.46. The molecule has 0 saturated carbocycles. The number of aryl methyl sites for hydroxylation is 1. The lowest BCUT2D eigenvalue weighted by Crippen LogP contribution is -1.82. The third-order valence-electron chi connectivity index (χ3n) is 5.96. The fraction of sp³-hybridized carbons (Fsp3) is 0.0357. The molecule has 0 amide bonds. The zero-order valence-corrected chi connectivity index (χ0v) is 17.4. The average molecular weight is 418 g/mol. The predicted molar refractivity (Wildman–Crippen MR) is 127 cm³/mol. The second-order valence-electron chi connectivity index (χ2n) is 8.01. The Kier molecular flexibility index (Phi) is 4.18. The summed E-state index contributed by atoms with van der Waals surface area (Å²) >= 11 is 0. The molecular formula is C28H19FN2O. The number of benzene rings is 4. The minimum Gasteiger partial charge on any atom is -0.436 e. The largest absolute Gasteiger partial charge is 0.436 e. The van der Waals surface area contributed by atoms with Crippen molar-refractivity contribution < 1.29 is 8.81 Å². The number of rotatable bonds is 3. The number of oxazole rings is 1. The van der Waals surface area contributed by atoms with Gasteiger partial charge in [0.1, 0.15) is 5.82 Å². The molecule has 3 nitrogen and oxygen atoms in total. The Hall–Kier alpha value is -4.18. The van der Waals surface area contributed by atoms with Crippen molar-refractivity contribution in [2.24, 2.45) is 0 Å². The van der Waals surface area contributed by atoms with Gasteiger partial charge in [-0.2, -0.15) is 0 Å². The highest BCUT2D eigenvalue weighted by Gasteiger charge is 2.12. The summed E-state index contributed by atoms with van der Waals surface area (Å²) in [5, 5.41) is 3.22. The first-order chi connectivity index (χ1) is 15.7. The van der Waals surface area contributed by atoms with Gasteiger partial charge in [0.15, 0.2) is 5.76 Å². The first kappa shape index (κ1) is 18.6. The van der Waals surface area contributed by atoms with E-state index < -0.39 is 0 Å². The molecule has 0 radical (unpaired) electrons. The van der Waals surface area contributed by atoms with Crippen molar-refractivity contribution in [3.05, 3.63) is 103 Å². The van der Waals surface area contributed by atoms with Crippen LogP contribution in [0.1, 0.15) is 5.56 Å². The molecule has 0 aliphatic rings. The zero-order valence-electron chi connectivity index (χ0n) is 17.4. The molecule has 1 N–H and O–H groups in total. The Morgan fingerprint density at radius 1 is 0.812 bits per heavy atom. The maximum Gasteiger partial charge on any atom is 0.226 e. The molecule has 32 heavy (non-hydrogen) atoms.